The zero-order chi connectivity index (χ0) is 16.4. The van der Waals surface area contributed by atoms with Crippen molar-refractivity contribution >= 4 is 44.6 Å². The standard InChI is InChI=1S/C10H12BN5O5PS/c11-22(18)19-1-3-6(21-22)5(17)9(20-3)16-2-13-4-7(12)14-10(23)15-8(4)16/h2-3,5-6,9,17-18H,1H2,(H3,12,14,15,23)/q+1/t3-,5+,6+,9-,22?/m1/s1. The molecule has 2 aromatic heterocycles. The summed E-state index contributed by atoms with van der Waals surface area (Å²) in [5.74, 6) is 0.269. The number of aliphatic hydroxyl groups excluding tert-OH is 1. The van der Waals surface area contributed by atoms with E-state index in [4.69, 9.17) is 39.3 Å². The van der Waals surface area contributed by atoms with E-state index in [2.05, 4.69) is 15.0 Å². The minimum atomic E-state index is -3.43. The number of fused-ring (bicyclic) bond motifs is 2. The van der Waals surface area contributed by atoms with Crippen molar-refractivity contribution in [2.45, 2.75) is 24.5 Å². The average Bonchev–Trinajstić information content (AvgIpc) is 3.00. The van der Waals surface area contributed by atoms with Crippen molar-refractivity contribution in [3.63, 3.8) is 0 Å². The lowest BCUT2D eigenvalue weighted by Gasteiger charge is -2.27. The van der Waals surface area contributed by atoms with E-state index in [1.807, 2.05) is 0 Å². The van der Waals surface area contributed by atoms with Crippen LogP contribution >= 0.6 is 20.0 Å². The maximum Gasteiger partial charge on any atom is 0.488 e. The molecule has 2 aliphatic rings. The number of nitrogen functional groups attached to an aromatic ring is 1. The van der Waals surface area contributed by atoms with Gasteiger partial charge in [-0.15, -0.1) is 0 Å². The number of aromatic nitrogens is 4. The van der Waals surface area contributed by atoms with Gasteiger partial charge in [-0.05, 0) is 12.2 Å². The van der Waals surface area contributed by atoms with Crippen molar-refractivity contribution in [3.8, 4) is 0 Å². The summed E-state index contributed by atoms with van der Waals surface area (Å²) in [6.45, 7) is 0.0151. The maximum atomic E-state index is 10.5. The van der Waals surface area contributed by atoms with E-state index in [1.165, 1.54) is 10.9 Å². The van der Waals surface area contributed by atoms with Crippen LogP contribution in [0.3, 0.4) is 0 Å². The number of aliphatic hydroxyl groups is 1. The first-order chi connectivity index (χ1) is 10.9. The Hall–Kier alpha value is -1.14. The average molecular weight is 356 g/mol. The summed E-state index contributed by atoms with van der Waals surface area (Å²) >= 11 is 5.01. The molecule has 4 rings (SSSR count). The van der Waals surface area contributed by atoms with Gasteiger partial charge in [-0.1, -0.05) is 0 Å². The highest BCUT2D eigenvalue weighted by Crippen LogP contribution is 2.58. The molecule has 10 nitrogen and oxygen atoms in total. The number of H-pyrrole nitrogens is 1. The highest BCUT2D eigenvalue weighted by atomic mass is 32.1. The van der Waals surface area contributed by atoms with Gasteiger partial charge in [-0.2, -0.15) is 14.0 Å². The van der Waals surface area contributed by atoms with Gasteiger partial charge in [0.15, 0.2) is 22.8 Å². The van der Waals surface area contributed by atoms with Crippen LogP contribution in [0.25, 0.3) is 11.2 Å². The summed E-state index contributed by atoms with van der Waals surface area (Å²) in [6.07, 6.45) is -1.90. The van der Waals surface area contributed by atoms with Crippen molar-refractivity contribution in [3.05, 3.63) is 11.1 Å². The van der Waals surface area contributed by atoms with Crippen LogP contribution in [0.5, 0.6) is 0 Å². The number of imidazole rings is 1. The van der Waals surface area contributed by atoms with Gasteiger partial charge in [0.1, 0.15) is 30.1 Å². The molecule has 0 spiro atoms. The second-order valence-corrected chi connectivity index (χ2v) is 7.25. The van der Waals surface area contributed by atoms with E-state index in [0.29, 0.717) is 11.2 Å². The minimum Gasteiger partial charge on any atom is -0.385 e. The lowest BCUT2D eigenvalue weighted by molar-refractivity contribution is -0.0603. The van der Waals surface area contributed by atoms with E-state index >= 15 is 0 Å². The monoisotopic (exact) mass is 356 g/mol. The third kappa shape index (κ3) is 2.47. The molecule has 0 aromatic carbocycles. The third-order valence-electron chi connectivity index (χ3n) is 3.75. The Labute approximate surface area is 136 Å². The van der Waals surface area contributed by atoms with Crippen molar-refractivity contribution < 1.29 is 23.8 Å². The summed E-state index contributed by atoms with van der Waals surface area (Å²) in [4.78, 5) is 20.7. The molecule has 0 amide bonds. The summed E-state index contributed by atoms with van der Waals surface area (Å²) < 4.78 is 17.7. The number of anilines is 1. The molecule has 13 heteroatoms. The molecule has 0 aliphatic carbocycles. The molecule has 0 saturated carbocycles. The van der Waals surface area contributed by atoms with E-state index in [1.54, 1.807) is 0 Å². The molecule has 2 saturated heterocycles. The van der Waals surface area contributed by atoms with Crippen LogP contribution in [-0.2, 0) is 13.8 Å². The van der Waals surface area contributed by atoms with Crippen LogP contribution < -0.4 is 5.73 Å². The lowest BCUT2D eigenvalue weighted by Crippen LogP contribution is -2.40. The molecular formula is C10H12BN5O5PS+. The SMILES string of the molecule is [B][P+]1(O)OC[C@H]2O[C@@H](n3cnc4c(N)[nH]c(=S)nc43)[C@@H](O)[C@H]2O1. The highest BCUT2D eigenvalue weighted by molar-refractivity contribution is 7.85. The van der Waals surface area contributed by atoms with Crippen LogP contribution in [0, 0.1) is 4.77 Å². The van der Waals surface area contributed by atoms with Crippen LogP contribution in [0.1, 0.15) is 6.23 Å². The van der Waals surface area contributed by atoms with Crippen LogP contribution in [0.4, 0.5) is 5.82 Å². The van der Waals surface area contributed by atoms with Crippen LogP contribution in [-0.4, -0.2) is 62.0 Å². The van der Waals surface area contributed by atoms with Crippen molar-refractivity contribution in [2.24, 2.45) is 0 Å². The molecule has 5 atom stereocenters. The molecule has 2 fully saturated rings. The maximum absolute atomic E-state index is 10.5. The number of aromatic amines is 1. The molecule has 2 radical (unpaired) electrons. The topological polar surface area (TPSA) is 141 Å². The fraction of sp³-hybridized carbons (Fsp3) is 0.500. The molecule has 5 N–H and O–H groups in total. The first kappa shape index (κ1) is 15.4. The highest BCUT2D eigenvalue weighted by Gasteiger charge is 2.56. The first-order valence-corrected chi connectivity index (χ1v) is 8.70. The summed E-state index contributed by atoms with van der Waals surface area (Å²) in [7, 11) is 2.05. The van der Waals surface area contributed by atoms with Gasteiger partial charge in [0, 0.05) is 0 Å². The van der Waals surface area contributed by atoms with Crippen LogP contribution in [0.2, 0.25) is 0 Å². The van der Waals surface area contributed by atoms with E-state index in [9.17, 15) is 10.00 Å². The van der Waals surface area contributed by atoms with Gasteiger partial charge in [-0.25, -0.2) is 9.88 Å². The van der Waals surface area contributed by atoms with E-state index in [-0.39, 0.29) is 17.2 Å². The van der Waals surface area contributed by atoms with E-state index in [0.717, 1.165) is 0 Å². The lowest BCUT2D eigenvalue weighted by atomic mass is 10.1. The quantitative estimate of drug-likeness (QED) is 0.305. The number of nitrogens with zero attached hydrogens (tertiary/aromatic N) is 3. The minimum absolute atomic E-state index is 0.0151. The normalized spacial score (nSPS) is 37.1. The molecule has 2 aromatic rings. The summed E-state index contributed by atoms with van der Waals surface area (Å²) in [5, 5.41) is 10.5. The van der Waals surface area contributed by atoms with E-state index < -0.39 is 32.4 Å². The molecule has 23 heavy (non-hydrogen) atoms. The molecule has 2 aliphatic heterocycles. The molecule has 0 bridgehead atoms. The number of hydrogen-bond donors (Lipinski definition) is 4. The van der Waals surface area contributed by atoms with Crippen molar-refractivity contribution in [1.29, 1.82) is 0 Å². The van der Waals surface area contributed by atoms with Crippen LogP contribution in [0.15, 0.2) is 6.33 Å². The Morgan fingerprint density at radius 1 is 1.57 bits per heavy atom. The zero-order valence-corrected chi connectivity index (χ0v) is 13.3. The number of hydrogen-bond acceptors (Lipinski definition) is 9. The van der Waals surface area contributed by atoms with Gasteiger partial charge < -0.3 is 20.6 Å². The second kappa shape index (κ2) is 5.18. The Kier molecular flexibility index (Phi) is 3.47. The largest absolute Gasteiger partial charge is 0.488 e. The zero-order valence-electron chi connectivity index (χ0n) is 11.6. The van der Waals surface area contributed by atoms with Crippen molar-refractivity contribution in [2.75, 3.05) is 12.3 Å². The second-order valence-electron chi connectivity index (χ2n) is 5.27. The number of rotatable bonds is 1. The van der Waals surface area contributed by atoms with Gasteiger partial charge in [0.05, 0.1) is 6.33 Å². The summed E-state index contributed by atoms with van der Waals surface area (Å²) in [5.41, 5.74) is 6.60. The molecule has 120 valence electrons. The molecular weight excluding hydrogens is 344 g/mol. The Bertz CT molecular complexity index is 830. The Morgan fingerprint density at radius 2 is 2.35 bits per heavy atom. The van der Waals surface area contributed by atoms with Gasteiger partial charge >= 0.3 is 15.4 Å². The Balaban J connectivity index is 1.73. The first-order valence-electron chi connectivity index (χ1n) is 6.65. The fourth-order valence-electron chi connectivity index (χ4n) is 2.74. The number of nitrogens with two attached hydrogens (primary N) is 1. The summed E-state index contributed by atoms with van der Waals surface area (Å²) in [6, 6.07) is 0. The third-order valence-corrected chi connectivity index (χ3v) is 5.01. The molecule has 4 heterocycles. The van der Waals surface area contributed by atoms with Crippen molar-refractivity contribution in [1.82, 2.24) is 19.5 Å². The number of ether oxygens (including phenoxy) is 1. The molecule has 1 unspecified atom stereocenters. The van der Waals surface area contributed by atoms with Gasteiger partial charge in [0.2, 0.25) is 0 Å². The van der Waals surface area contributed by atoms with Gasteiger partial charge in [-0.3, -0.25) is 4.57 Å². The van der Waals surface area contributed by atoms with Gasteiger partial charge in [0.25, 0.3) is 0 Å². The predicted molar refractivity (Wildman–Crippen MR) is 82.8 cm³/mol. The number of nitrogens with one attached hydrogen (secondary N) is 1. The predicted octanol–water partition coefficient (Wildman–Crippen LogP) is -0.417. The fourth-order valence-corrected chi connectivity index (χ4v) is 3.97. The Morgan fingerprint density at radius 3 is 3.13 bits per heavy atom. The smallest absolute Gasteiger partial charge is 0.385 e.